The van der Waals surface area contributed by atoms with E-state index in [1.807, 2.05) is 42.5 Å². The van der Waals surface area contributed by atoms with Crippen LogP contribution in [0.15, 0.2) is 103 Å². The topological polar surface area (TPSA) is 471 Å². The zero-order valence-corrected chi connectivity index (χ0v) is 56.5. The summed E-state index contributed by atoms with van der Waals surface area (Å²) in [6, 6.07) is 15.3. The van der Waals surface area contributed by atoms with Crippen molar-refractivity contribution >= 4 is 75.7 Å². The van der Waals surface area contributed by atoms with E-state index in [1.54, 1.807) is 22.8 Å². The lowest BCUT2D eigenvalue weighted by atomic mass is 9.98. The minimum atomic E-state index is -2.17. The van der Waals surface area contributed by atoms with Gasteiger partial charge in [-0.25, -0.2) is 14.8 Å². The lowest BCUT2D eigenvalue weighted by Crippen LogP contribution is -2.64. The number of aromatic hydroxyl groups is 1. The molecule has 35 heteroatoms. The first-order valence-corrected chi connectivity index (χ1v) is 34.3. The van der Waals surface area contributed by atoms with Gasteiger partial charge in [-0.15, -0.1) is 0 Å². The number of anilines is 1. The normalized spacial score (nSPS) is 24.8. The fourth-order valence-corrected chi connectivity index (χ4v) is 13.8. The van der Waals surface area contributed by atoms with Crippen LogP contribution in [0.3, 0.4) is 0 Å². The predicted octanol–water partition coefficient (Wildman–Crippen LogP) is -1.48. The number of β-amino-alcohol motifs (C(OH)–C–C–N with tert-alkyl or cyclic N) is 1. The average molecular weight is 1440 g/mol. The summed E-state index contributed by atoms with van der Waals surface area (Å²) < 4.78 is 17.4. The van der Waals surface area contributed by atoms with Crippen molar-refractivity contribution in [3.05, 3.63) is 114 Å². The molecule has 7 amide bonds. The lowest BCUT2D eigenvalue weighted by molar-refractivity contribution is -0.433. The van der Waals surface area contributed by atoms with Crippen molar-refractivity contribution in [1.29, 1.82) is 0 Å². The van der Waals surface area contributed by atoms with Gasteiger partial charge in [0.1, 0.15) is 53.1 Å². The highest BCUT2D eigenvalue weighted by atomic mass is 32.2. The number of carbonyl (C=O) groups is 7. The second kappa shape index (κ2) is 34.3. The number of amides is 7. The van der Waals surface area contributed by atoms with Gasteiger partial charge in [-0.2, -0.15) is 5.10 Å². The highest BCUT2D eigenvalue weighted by Crippen LogP contribution is 2.34. The number of nitrogens with zero attached hydrogens (tertiary/aromatic N) is 6. The standard InChI is InChI=1S/C66H82N12O21S2/c1-34-29-77-56(57(34)87)62(92)68-28-42(82)26-46(69-58(88)38-11-9-37(10-12-38)47-31-78-66(70-47)100-63(74-78)39-13-15-44(16-14-39)96-45-19-22-75(23-20-45)41-6-4-3-5-7-41)59(89)71-53(35(2)81)64(93)76-30-43(83)27-48(76)60(90)72-54(51(86)24-36-8-17-49(84)52(25-36)97-101-99-98-95)61(91)73-55(65(77)94)50(85)18-21-67-40(32-79)33-80/h3-17,25,31,34-35,40,42-43,45-46,48,50-51,53-57,67,79-87,95H,18-24,26-30,32-33H2,1-2H3,(H,68,92)(H,69,88)(H,71,89)(H,72,90)(H,73,91)/t34-,35+,42+,43+,46?,48-,50+,51+,53-,54-,55-,56-,57-/m0/s1. The molecule has 13 atom stereocenters. The van der Waals surface area contributed by atoms with Gasteiger partial charge in [-0.05, 0) is 86.1 Å². The number of imidazole rings is 1. The highest BCUT2D eigenvalue weighted by molar-refractivity contribution is 7.90. The van der Waals surface area contributed by atoms with Crippen LogP contribution in [0.25, 0.3) is 26.8 Å². The summed E-state index contributed by atoms with van der Waals surface area (Å²) in [5.74, 6) is -8.89. The van der Waals surface area contributed by atoms with Crippen molar-refractivity contribution in [3.8, 4) is 39.1 Å². The van der Waals surface area contributed by atoms with E-state index in [1.165, 1.54) is 42.1 Å². The van der Waals surface area contributed by atoms with E-state index in [0.29, 0.717) is 21.2 Å². The Kier molecular flexibility index (Phi) is 25.5. The smallest absolute Gasteiger partial charge is 0.261 e. The molecule has 2 aromatic heterocycles. The fraction of sp³-hybridized carbons (Fsp3) is 0.470. The third-order valence-corrected chi connectivity index (χ3v) is 19.5. The fourth-order valence-electron chi connectivity index (χ4n) is 12.6. The number of piperidine rings is 1. The summed E-state index contributed by atoms with van der Waals surface area (Å²) >= 11 is 1.43. The Morgan fingerprint density at radius 2 is 1.46 bits per heavy atom. The molecule has 4 fully saturated rings. The third-order valence-electron chi connectivity index (χ3n) is 18.2. The molecular weight excluding hydrogens is 1360 g/mol. The first-order valence-electron chi connectivity index (χ1n) is 32.8. The molecule has 4 aromatic carbocycles. The largest absolute Gasteiger partial charge is 0.504 e. The average Bonchev–Trinajstić information content (AvgIpc) is 1.70. The molecule has 544 valence electrons. The Hall–Kier alpha value is -8.66. The number of rotatable bonds is 22. The van der Waals surface area contributed by atoms with Crippen molar-refractivity contribution < 1.29 is 103 Å². The van der Waals surface area contributed by atoms with Crippen LogP contribution in [0, 0.1) is 5.92 Å². The van der Waals surface area contributed by atoms with Crippen molar-refractivity contribution in [1.82, 2.24) is 56.3 Å². The molecule has 0 aliphatic carbocycles. The van der Waals surface area contributed by atoms with Crippen LogP contribution in [0.5, 0.6) is 17.2 Å². The molecule has 4 aliphatic heterocycles. The Balaban J connectivity index is 0.886. The number of para-hydroxylation sites is 1. The molecule has 101 heavy (non-hydrogen) atoms. The molecule has 6 heterocycles. The van der Waals surface area contributed by atoms with Crippen molar-refractivity contribution in [2.24, 2.45) is 5.92 Å². The molecule has 33 nitrogen and oxygen atoms in total. The van der Waals surface area contributed by atoms with E-state index in [2.05, 4.69) is 58.3 Å². The second-order valence-electron chi connectivity index (χ2n) is 25.4. The number of ether oxygens (including phenoxy) is 1. The number of phenols is 1. The van der Waals surface area contributed by atoms with Crippen LogP contribution < -0.4 is 45.7 Å². The molecule has 0 radical (unpaired) electrons. The maximum Gasteiger partial charge on any atom is 0.261 e. The molecular formula is C66H82N12O21S2. The van der Waals surface area contributed by atoms with Gasteiger partial charge >= 0.3 is 0 Å². The van der Waals surface area contributed by atoms with Crippen LogP contribution in [0.1, 0.15) is 61.9 Å². The van der Waals surface area contributed by atoms with Gasteiger partial charge in [0.25, 0.3) is 18.2 Å². The van der Waals surface area contributed by atoms with Crippen LogP contribution in [-0.2, 0) is 44.6 Å². The van der Waals surface area contributed by atoms with Crippen molar-refractivity contribution in [2.45, 2.75) is 137 Å². The van der Waals surface area contributed by atoms with E-state index >= 15 is 4.79 Å². The van der Waals surface area contributed by atoms with Gasteiger partial charge in [0.15, 0.2) is 11.5 Å². The zero-order chi connectivity index (χ0) is 72.2. The Morgan fingerprint density at radius 3 is 2.14 bits per heavy atom. The maximum absolute atomic E-state index is 15.0. The number of aromatic nitrogens is 3. The monoisotopic (exact) mass is 1440 g/mol. The molecule has 4 saturated heterocycles. The van der Waals surface area contributed by atoms with E-state index in [4.69, 9.17) is 24.3 Å². The zero-order valence-electron chi connectivity index (χ0n) is 54.8. The number of carbonyl (C=O) groups excluding carboxylic acids is 7. The van der Waals surface area contributed by atoms with Gasteiger partial charge in [0, 0.05) is 93.1 Å². The van der Waals surface area contributed by atoms with Gasteiger partial charge < -0.3 is 101 Å². The number of hydrogen-bond acceptors (Lipinski definition) is 27. The first kappa shape index (κ1) is 75.0. The molecule has 4 aliphatic rings. The summed E-state index contributed by atoms with van der Waals surface area (Å²) in [6.07, 6.45) is -9.12. The summed E-state index contributed by atoms with van der Waals surface area (Å²) in [7, 11) is 0. The van der Waals surface area contributed by atoms with Crippen LogP contribution in [-0.4, -0.2) is 254 Å². The number of hydrogen-bond donors (Lipinski definition) is 16. The summed E-state index contributed by atoms with van der Waals surface area (Å²) in [5, 5.41) is 132. The summed E-state index contributed by atoms with van der Waals surface area (Å²) in [6.45, 7) is 1.44. The number of fused-ring (bicyclic) bond motifs is 3. The molecule has 1 unspecified atom stereocenters. The van der Waals surface area contributed by atoms with E-state index in [-0.39, 0.29) is 48.4 Å². The lowest BCUT2D eigenvalue weighted by Gasteiger charge is -2.34. The molecule has 0 bridgehead atoms. The van der Waals surface area contributed by atoms with Crippen molar-refractivity contribution in [2.75, 3.05) is 57.4 Å². The predicted molar refractivity (Wildman–Crippen MR) is 361 cm³/mol. The Morgan fingerprint density at radius 1 is 0.772 bits per heavy atom. The quantitative estimate of drug-likeness (QED) is 0.0160. The number of aliphatic hydroxyl groups excluding tert-OH is 8. The molecule has 0 spiro atoms. The van der Waals surface area contributed by atoms with E-state index in [0.717, 1.165) is 66.1 Å². The highest BCUT2D eigenvalue weighted by Gasteiger charge is 2.50. The first-order chi connectivity index (χ1) is 48.5. The molecule has 10 rings (SSSR count). The minimum absolute atomic E-state index is 0.00627. The number of nitrogens with one attached hydrogen (secondary N) is 6. The number of benzene rings is 4. The van der Waals surface area contributed by atoms with Gasteiger partial charge in [-0.3, -0.25) is 33.6 Å². The van der Waals surface area contributed by atoms with Crippen LogP contribution >= 0.6 is 23.7 Å². The van der Waals surface area contributed by atoms with E-state index < -0.39 is 184 Å². The van der Waals surface area contributed by atoms with Crippen molar-refractivity contribution in [3.63, 3.8) is 0 Å². The second-order valence-corrected chi connectivity index (χ2v) is 26.8. The van der Waals surface area contributed by atoms with Crippen LogP contribution in [0.2, 0.25) is 0 Å². The summed E-state index contributed by atoms with van der Waals surface area (Å²) in [5.41, 5.74) is 3.27. The summed E-state index contributed by atoms with van der Waals surface area (Å²) in [4.78, 5) is 112. The molecule has 16 N–H and O–H groups in total. The van der Waals surface area contributed by atoms with Crippen LogP contribution in [0.4, 0.5) is 5.69 Å². The van der Waals surface area contributed by atoms with E-state index in [9.17, 15) is 74.7 Å². The SMILES string of the molecule is C[C@@H](O)[C@@H]1NC(=O)C(NC(=O)c2ccc(-c3cn4nc(-c5ccc(OC6CCN(c7ccccc7)CC6)cc5)sc4n3)cc2)C[C@@H](O)CNC(=O)[C@@H]2[C@@H](O)[C@@H](C)CN2C(=O)[C@H]([C@H](O)CCNC(CO)CO)NC(=O)[C@H]([C@H](O)Cc2ccc(O)c(OSOOO)c2)NC(=O)[C@@H]2C[C@@H](O)CN2C1=O. The van der Waals surface area contributed by atoms with Gasteiger partial charge in [0.2, 0.25) is 40.4 Å². The molecule has 6 aromatic rings. The number of phenolic OH excluding ortho intramolecular Hbond substituents is 1. The Bertz CT molecular complexity index is 3800. The molecule has 0 saturated carbocycles. The Labute approximate surface area is 586 Å². The van der Waals surface area contributed by atoms with Gasteiger partial charge in [0.05, 0.1) is 67.8 Å². The minimum Gasteiger partial charge on any atom is -0.504 e. The number of aliphatic hydroxyl groups is 8. The maximum atomic E-state index is 15.0. The third kappa shape index (κ3) is 18.5. The van der Waals surface area contributed by atoms with Gasteiger partial charge in [-0.1, -0.05) is 64.0 Å².